The van der Waals surface area contributed by atoms with E-state index in [0.29, 0.717) is 16.8 Å². The molecule has 1 aromatic heterocycles. The zero-order valence-corrected chi connectivity index (χ0v) is 21.7. The lowest BCUT2D eigenvalue weighted by molar-refractivity contribution is -0.142. The number of hydrogen-bond acceptors (Lipinski definition) is 8. The van der Waals surface area contributed by atoms with Crippen LogP contribution in [0.25, 0.3) is 0 Å². The predicted octanol–water partition coefficient (Wildman–Crippen LogP) is -0.265. The van der Waals surface area contributed by atoms with Crippen molar-refractivity contribution >= 4 is 23.7 Å². The van der Waals surface area contributed by atoms with Crippen molar-refractivity contribution in [3.05, 3.63) is 77.9 Å². The van der Waals surface area contributed by atoms with E-state index in [1.54, 1.807) is 24.3 Å². The smallest absolute Gasteiger partial charge is 0.326 e. The summed E-state index contributed by atoms with van der Waals surface area (Å²) in [5.74, 6) is -3.32. The van der Waals surface area contributed by atoms with Crippen molar-refractivity contribution in [1.29, 1.82) is 0 Å². The van der Waals surface area contributed by atoms with E-state index in [-0.39, 0.29) is 30.8 Å². The molecule has 0 aliphatic heterocycles. The average Bonchev–Trinajstić information content (AvgIpc) is 3.43. The molecule has 0 saturated carbocycles. The number of benzene rings is 2. The number of carbonyl (C=O) groups excluding carboxylic acids is 3. The van der Waals surface area contributed by atoms with Gasteiger partial charge in [0.15, 0.2) is 0 Å². The third-order valence-corrected chi connectivity index (χ3v) is 6.03. The maximum Gasteiger partial charge on any atom is 0.326 e. The van der Waals surface area contributed by atoms with Gasteiger partial charge in [-0.2, -0.15) is 0 Å². The van der Waals surface area contributed by atoms with E-state index in [0.717, 1.165) is 0 Å². The van der Waals surface area contributed by atoms with E-state index >= 15 is 0 Å². The fraction of sp³-hybridized carbons (Fsp3) is 0.296. The van der Waals surface area contributed by atoms with Crippen molar-refractivity contribution in [2.75, 3.05) is 0 Å². The van der Waals surface area contributed by atoms with Crippen LogP contribution < -0.4 is 21.7 Å². The molecule has 0 aliphatic carbocycles. The first-order chi connectivity index (χ1) is 19.0. The fourth-order valence-corrected chi connectivity index (χ4v) is 3.82. The Balaban J connectivity index is 1.84. The largest absolute Gasteiger partial charge is 0.508 e. The van der Waals surface area contributed by atoms with Crippen LogP contribution in [0.15, 0.2) is 61.1 Å². The highest BCUT2D eigenvalue weighted by molar-refractivity contribution is 5.94. The van der Waals surface area contributed by atoms with Gasteiger partial charge in [0.25, 0.3) is 0 Å². The lowest BCUT2D eigenvalue weighted by Crippen LogP contribution is -2.58. The van der Waals surface area contributed by atoms with Crippen molar-refractivity contribution in [1.82, 2.24) is 25.9 Å². The van der Waals surface area contributed by atoms with E-state index in [2.05, 4.69) is 25.9 Å². The molecule has 40 heavy (non-hydrogen) atoms. The molecule has 2 aromatic carbocycles. The number of H-pyrrole nitrogens is 1. The van der Waals surface area contributed by atoms with E-state index in [9.17, 15) is 34.5 Å². The summed E-state index contributed by atoms with van der Waals surface area (Å²) in [6.45, 7) is 1.46. The molecule has 0 aliphatic rings. The minimum atomic E-state index is -1.32. The van der Waals surface area contributed by atoms with Crippen LogP contribution in [0.5, 0.6) is 11.5 Å². The number of rotatable bonds is 13. The molecule has 0 radical (unpaired) electrons. The van der Waals surface area contributed by atoms with E-state index in [1.807, 2.05) is 0 Å². The van der Waals surface area contributed by atoms with Gasteiger partial charge in [-0.3, -0.25) is 14.4 Å². The van der Waals surface area contributed by atoms with E-state index in [1.165, 1.54) is 43.7 Å². The number of phenolic OH excluding ortho intramolecular Hbond substituents is 2. The van der Waals surface area contributed by atoms with Crippen LogP contribution in [0.2, 0.25) is 0 Å². The molecule has 0 fully saturated rings. The van der Waals surface area contributed by atoms with Crippen molar-refractivity contribution in [2.24, 2.45) is 5.73 Å². The summed E-state index contributed by atoms with van der Waals surface area (Å²) in [5.41, 5.74) is 7.36. The highest BCUT2D eigenvalue weighted by atomic mass is 16.4. The normalized spacial score (nSPS) is 13.8. The topological polar surface area (TPSA) is 220 Å². The zero-order valence-electron chi connectivity index (χ0n) is 21.7. The molecule has 4 unspecified atom stereocenters. The number of hydrogen-bond donors (Lipinski definition) is 8. The number of aromatic amines is 1. The zero-order chi connectivity index (χ0) is 29.2. The highest BCUT2D eigenvalue weighted by Crippen LogP contribution is 2.14. The first-order valence-electron chi connectivity index (χ1n) is 12.4. The molecule has 3 aromatic rings. The molecule has 4 atom stereocenters. The summed E-state index contributed by atoms with van der Waals surface area (Å²) in [6, 6.07) is 7.38. The van der Waals surface area contributed by atoms with Crippen LogP contribution in [-0.4, -0.2) is 73.1 Å². The minimum absolute atomic E-state index is 0.00636. The number of carbonyl (C=O) groups is 4. The molecule has 1 heterocycles. The van der Waals surface area contributed by atoms with Gasteiger partial charge in [-0.1, -0.05) is 24.3 Å². The number of nitrogens with one attached hydrogen (secondary N) is 4. The monoisotopic (exact) mass is 552 g/mol. The number of aliphatic carboxylic acids is 1. The number of aromatic hydroxyl groups is 2. The van der Waals surface area contributed by atoms with Gasteiger partial charge in [0.2, 0.25) is 17.7 Å². The number of carboxylic acids is 1. The summed E-state index contributed by atoms with van der Waals surface area (Å²) in [5, 5.41) is 36.5. The number of imidazole rings is 1. The third-order valence-electron chi connectivity index (χ3n) is 6.03. The van der Waals surface area contributed by atoms with E-state index in [4.69, 9.17) is 5.73 Å². The van der Waals surface area contributed by atoms with Crippen LogP contribution in [0.4, 0.5) is 0 Å². The number of carboxylic acid groups (broad SMARTS) is 1. The van der Waals surface area contributed by atoms with Gasteiger partial charge in [0.05, 0.1) is 12.4 Å². The average molecular weight is 553 g/mol. The molecule has 3 rings (SSSR count). The first kappa shape index (κ1) is 29.6. The van der Waals surface area contributed by atoms with Crippen LogP contribution in [0, 0.1) is 0 Å². The molecule has 13 nitrogen and oxygen atoms in total. The van der Waals surface area contributed by atoms with Crippen molar-refractivity contribution in [3.8, 4) is 11.5 Å². The van der Waals surface area contributed by atoms with Gasteiger partial charge in [-0.05, 0) is 42.3 Å². The second kappa shape index (κ2) is 13.8. The summed E-state index contributed by atoms with van der Waals surface area (Å²) < 4.78 is 0. The maximum absolute atomic E-state index is 13.4. The Labute approximate surface area is 229 Å². The Kier molecular flexibility index (Phi) is 10.2. The number of amides is 3. The van der Waals surface area contributed by atoms with Crippen LogP contribution in [0.3, 0.4) is 0 Å². The molecular formula is C27H32N6O7. The Morgan fingerprint density at radius 3 is 1.62 bits per heavy atom. The Morgan fingerprint density at radius 2 is 1.23 bits per heavy atom. The molecule has 212 valence electrons. The van der Waals surface area contributed by atoms with Gasteiger partial charge in [-0.25, -0.2) is 9.78 Å². The van der Waals surface area contributed by atoms with Crippen LogP contribution >= 0.6 is 0 Å². The highest BCUT2D eigenvalue weighted by Gasteiger charge is 2.30. The minimum Gasteiger partial charge on any atom is -0.508 e. The van der Waals surface area contributed by atoms with Crippen LogP contribution in [-0.2, 0) is 38.4 Å². The Hall–Kier alpha value is -4.91. The van der Waals surface area contributed by atoms with Gasteiger partial charge >= 0.3 is 5.97 Å². The summed E-state index contributed by atoms with van der Waals surface area (Å²) in [6.07, 6.45) is 2.73. The second-order valence-electron chi connectivity index (χ2n) is 9.33. The molecule has 9 N–H and O–H groups in total. The standard InChI is InChI=1S/C27H32N6O7/c1-15(28)24(36)31-21(10-16-2-6-19(34)7-3-16)25(37)32-22(11-17-4-8-20(35)9-5-17)26(38)33-23(27(39)40)12-18-13-29-14-30-18/h2-9,13-15,21-23,34-35H,10-12,28H2,1H3,(H,29,30)(H,31,36)(H,32,37)(H,33,38)(H,39,40). The molecule has 0 spiro atoms. The van der Waals surface area contributed by atoms with E-state index < -0.39 is 47.9 Å². The summed E-state index contributed by atoms with van der Waals surface area (Å²) >= 11 is 0. The maximum atomic E-state index is 13.4. The van der Waals surface area contributed by atoms with Gasteiger partial charge in [-0.15, -0.1) is 0 Å². The molecular weight excluding hydrogens is 520 g/mol. The molecule has 0 saturated heterocycles. The number of phenols is 2. The SMILES string of the molecule is CC(N)C(=O)NC(Cc1ccc(O)cc1)C(=O)NC(Cc1ccc(O)cc1)C(=O)NC(Cc1cnc[nH]1)C(=O)O. The lowest BCUT2D eigenvalue weighted by Gasteiger charge is -2.25. The quantitative estimate of drug-likeness (QED) is 0.140. The third kappa shape index (κ3) is 8.84. The molecule has 0 bridgehead atoms. The van der Waals surface area contributed by atoms with Gasteiger partial charge in [0, 0.05) is 31.2 Å². The van der Waals surface area contributed by atoms with Gasteiger partial charge in [0.1, 0.15) is 29.6 Å². The second-order valence-corrected chi connectivity index (χ2v) is 9.33. The van der Waals surface area contributed by atoms with Crippen molar-refractivity contribution in [2.45, 2.75) is 50.4 Å². The summed E-state index contributed by atoms with van der Waals surface area (Å²) in [7, 11) is 0. The van der Waals surface area contributed by atoms with Gasteiger partial charge < -0.3 is 42.0 Å². The Morgan fingerprint density at radius 1 is 0.775 bits per heavy atom. The summed E-state index contributed by atoms with van der Waals surface area (Å²) in [4.78, 5) is 57.7. The van der Waals surface area contributed by atoms with Crippen LogP contribution in [0.1, 0.15) is 23.7 Å². The predicted molar refractivity (Wildman–Crippen MR) is 143 cm³/mol. The fourth-order valence-electron chi connectivity index (χ4n) is 3.82. The van der Waals surface area contributed by atoms with Crippen molar-refractivity contribution in [3.63, 3.8) is 0 Å². The number of aromatic nitrogens is 2. The first-order valence-corrected chi connectivity index (χ1v) is 12.4. The number of nitrogens with zero attached hydrogens (tertiary/aromatic N) is 1. The number of nitrogens with two attached hydrogens (primary N) is 1. The van der Waals surface area contributed by atoms with Crippen molar-refractivity contribution < 1.29 is 34.5 Å². The lowest BCUT2D eigenvalue weighted by atomic mass is 10.0. The Bertz CT molecular complexity index is 1290. The molecule has 3 amide bonds. The molecule has 13 heteroatoms.